The highest BCUT2D eigenvalue weighted by atomic mass is 16.8. The van der Waals surface area contributed by atoms with Crippen LogP contribution in [0.3, 0.4) is 0 Å². The number of unbranched alkanes of at least 4 members (excludes halogenated alkanes) is 3. The van der Waals surface area contributed by atoms with E-state index in [0.29, 0.717) is 31.3 Å². The van der Waals surface area contributed by atoms with E-state index in [4.69, 9.17) is 18.9 Å². The van der Waals surface area contributed by atoms with Crippen molar-refractivity contribution in [1.29, 1.82) is 0 Å². The Morgan fingerprint density at radius 1 is 1.12 bits per heavy atom. The molecule has 3 rings (SSSR count). The second kappa shape index (κ2) is 14.5. The zero-order valence-electron chi connectivity index (χ0n) is 25.8. The average molecular weight is 585 g/mol. The van der Waals surface area contributed by atoms with Gasteiger partial charge in [-0.05, 0) is 61.9 Å². The quantitative estimate of drug-likeness (QED) is 0.0675. The van der Waals surface area contributed by atoms with Gasteiger partial charge in [0.1, 0.15) is 6.10 Å². The van der Waals surface area contributed by atoms with E-state index in [0.717, 1.165) is 24.8 Å². The minimum atomic E-state index is -1.20. The predicted octanol–water partition coefficient (Wildman–Crippen LogP) is 6.26. The van der Waals surface area contributed by atoms with Crippen LogP contribution in [0.2, 0.25) is 0 Å². The Labute approximate surface area is 250 Å². The van der Waals surface area contributed by atoms with E-state index in [-0.39, 0.29) is 11.8 Å². The Kier molecular flexibility index (Phi) is 11.6. The number of carbonyl (C=O) groups excluding carboxylic acids is 3. The van der Waals surface area contributed by atoms with Gasteiger partial charge in [0.15, 0.2) is 0 Å². The van der Waals surface area contributed by atoms with Gasteiger partial charge in [-0.15, -0.1) is 0 Å². The van der Waals surface area contributed by atoms with Crippen LogP contribution in [0.1, 0.15) is 86.0 Å². The minimum absolute atomic E-state index is 0.0555. The maximum absolute atomic E-state index is 12.9. The van der Waals surface area contributed by atoms with Crippen LogP contribution in [0.4, 0.5) is 0 Å². The van der Waals surface area contributed by atoms with E-state index in [2.05, 4.69) is 33.9 Å². The highest BCUT2D eigenvalue weighted by Crippen LogP contribution is 2.67. The molecule has 8 atom stereocenters. The van der Waals surface area contributed by atoms with E-state index in [9.17, 15) is 19.5 Å². The third-order valence-corrected chi connectivity index (χ3v) is 9.39. The predicted molar refractivity (Wildman–Crippen MR) is 160 cm³/mol. The van der Waals surface area contributed by atoms with Crippen molar-refractivity contribution >= 4 is 17.9 Å². The molecule has 1 N–H and O–H groups in total. The standard InChI is InChI=1S/C34H48O8/c1-8-10-11-12-13-14-15-16-30(38)41-26-20-27-31(39-24(5)35)42-32(40-25(6)36)34(27)28(21-26)33(7,18-17-22(3)9-2)23(4)19-29(34)37/h9,13-16,20,23,26,28-29,31-32,37H,2-3,8,10-12,17-19,21H2,1,4-7H3/b14-13-,16-15-/t23-,26+,28-,29-,31+,32-,33-,34+/m0/s1. The van der Waals surface area contributed by atoms with Crippen LogP contribution in [0.15, 0.2) is 60.8 Å². The van der Waals surface area contributed by atoms with Crippen molar-refractivity contribution in [1.82, 2.24) is 0 Å². The number of ether oxygens (including phenoxy) is 4. The number of hydrogen-bond donors (Lipinski definition) is 1. The highest BCUT2D eigenvalue weighted by molar-refractivity contribution is 5.82. The summed E-state index contributed by atoms with van der Waals surface area (Å²) in [6, 6.07) is 0. The number of aliphatic hydroxyl groups excluding tert-OH is 1. The lowest BCUT2D eigenvalue weighted by Gasteiger charge is -2.60. The van der Waals surface area contributed by atoms with E-state index < -0.39 is 53.5 Å². The Morgan fingerprint density at radius 3 is 2.48 bits per heavy atom. The van der Waals surface area contributed by atoms with Crippen molar-refractivity contribution < 1.29 is 38.4 Å². The number of carbonyl (C=O) groups is 3. The largest absolute Gasteiger partial charge is 0.455 e. The molecule has 0 aromatic heterocycles. The topological polar surface area (TPSA) is 108 Å². The van der Waals surface area contributed by atoms with Gasteiger partial charge in [0.25, 0.3) is 0 Å². The van der Waals surface area contributed by atoms with Gasteiger partial charge in [0, 0.05) is 25.5 Å². The second-order valence-electron chi connectivity index (χ2n) is 12.1. The Morgan fingerprint density at radius 2 is 1.83 bits per heavy atom. The number of hydrogen-bond acceptors (Lipinski definition) is 8. The lowest BCUT2D eigenvalue weighted by molar-refractivity contribution is -0.254. The van der Waals surface area contributed by atoms with Gasteiger partial charge in [-0.25, -0.2) is 4.79 Å². The Bertz CT molecular complexity index is 1120. The maximum atomic E-state index is 12.9. The molecule has 0 amide bonds. The molecule has 3 aliphatic rings. The highest BCUT2D eigenvalue weighted by Gasteiger charge is 2.71. The first-order chi connectivity index (χ1) is 19.9. The van der Waals surface area contributed by atoms with Gasteiger partial charge in [-0.3, -0.25) is 14.3 Å². The molecule has 8 nitrogen and oxygen atoms in total. The zero-order valence-corrected chi connectivity index (χ0v) is 25.8. The molecule has 1 saturated heterocycles. The Hall–Kier alpha value is -2.97. The monoisotopic (exact) mass is 584 g/mol. The van der Waals surface area contributed by atoms with Gasteiger partial charge in [-0.1, -0.05) is 76.6 Å². The molecule has 1 spiro atoms. The first kappa shape index (κ1) is 33.5. The number of esters is 3. The molecule has 232 valence electrons. The number of rotatable bonds is 13. The summed E-state index contributed by atoms with van der Waals surface area (Å²) in [5, 5.41) is 11.8. The molecule has 1 aliphatic heterocycles. The fourth-order valence-electron chi connectivity index (χ4n) is 7.02. The summed E-state index contributed by atoms with van der Waals surface area (Å²) in [6.45, 7) is 16.9. The van der Waals surface area contributed by atoms with E-state index in [1.54, 1.807) is 18.2 Å². The second-order valence-corrected chi connectivity index (χ2v) is 12.1. The molecule has 1 saturated carbocycles. The lowest BCUT2D eigenvalue weighted by Crippen LogP contribution is -2.63. The van der Waals surface area contributed by atoms with E-state index in [1.165, 1.54) is 26.3 Å². The molecule has 0 unspecified atom stereocenters. The van der Waals surface area contributed by atoms with Gasteiger partial charge < -0.3 is 19.3 Å². The molecule has 0 bridgehead atoms. The molecular formula is C34H48O8. The first-order valence-electron chi connectivity index (χ1n) is 15.1. The molecule has 42 heavy (non-hydrogen) atoms. The molecule has 2 fully saturated rings. The molecule has 8 heteroatoms. The molecule has 2 aliphatic carbocycles. The van der Waals surface area contributed by atoms with Crippen LogP contribution < -0.4 is 0 Å². The number of allylic oxidation sites excluding steroid dienone is 5. The minimum Gasteiger partial charge on any atom is -0.455 e. The van der Waals surface area contributed by atoms with Crippen molar-refractivity contribution in [2.24, 2.45) is 22.7 Å². The van der Waals surface area contributed by atoms with Gasteiger partial charge in [0.2, 0.25) is 12.6 Å². The summed E-state index contributed by atoms with van der Waals surface area (Å²) in [7, 11) is 0. The van der Waals surface area contributed by atoms with Crippen LogP contribution in [0.25, 0.3) is 0 Å². The summed E-state index contributed by atoms with van der Waals surface area (Å²) >= 11 is 0. The van der Waals surface area contributed by atoms with Gasteiger partial charge >= 0.3 is 17.9 Å². The molecular weight excluding hydrogens is 536 g/mol. The fraction of sp³-hybridized carbons (Fsp3) is 0.618. The lowest BCUT2D eigenvalue weighted by atomic mass is 9.45. The number of aliphatic hydroxyl groups is 1. The van der Waals surface area contributed by atoms with Crippen molar-refractivity contribution in [3.05, 3.63) is 60.8 Å². The van der Waals surface area contributed by atoms with Crippen molar-refractivity contribution in [3.63, 3.8) is 0 Å². The summed E-state index contributed by atoms with van der Waals surface area (Å²) < 4.78 is 23.3. The summed E-state index contributed by atoms with van der Waals surface area (Å²) in [4.78, 5) is 37.2. The first-order valence-corrected chi connectivity index (χ1v) is 15.1. The van der Waals surface area contributed by atoms with E-state index in [1.807, 2.05) is 12.2 Å². The molecule has 0 aromatic carbocycles. The maximum Gasteiger partial charge on any atom is 0.331 e. The van der Waals surface area contributed by atoms with Gasteiger partial charge in [0.05, 0.1) is 11.5 Å². The van der Waals surface area contributed by atoms with Crippen LogP contribution in [-0.2, 0) is 33.3 Å². The van der Waals surface area contributed by atoms with Crippen molar-refractivity contribution in [3.8, 4) is 0 Å². The van der Waals surface area contributed by atoms with Crippen LogP contribution in [0, 0.1) is 22.7 Å². The average Bonchev–Trinajstić information content (AvgIpc) is 3.21. The van der Waals surface area contributed by atoms with Crippen molar-refractivity contribution in [2.45, 2.75) is 111 Å². The summed E-state index contributed by atoms with van der Waals surface area (Å²) in [5.41, 5.74) is -0.254. The fourth-order valence-corrected chi connectivity index (χ4v) is 7.02. The molecule has 1 heterocycles. The van der Waals surface area contributed by atoms with Crippen LogP contribution in [0.5, 0.6) is 0 Å². The smallest absolute Gasteiger partial charge is 0.331 e. The normalized spacial score (nSPS) is 33.9. The molecule has 0 radical (unpaired) electrons. The summed E-state index contributed by atoms with van der Waals surface area (Å²) in [5.74, 6) is -1.97. The van der Waals surface area contributed by atoms with E-state index >= 15 is 0 Å². The van der Waals surface area contributed by atoms with Crippen LogP contribution >= 0.6 is 0 Å². The van der Waals surface area contributed by atoms with Gasteiger partial charge in [-0.2, -0.15) is 0 Å². The zero-order chi connectivity index (χ0) is 31.1. The van der Waals surface area contributed by atoms with Crippen LogP contribution in [-0.4, -0.2) is 47.8 Å². The third kappa shape index (κ3) is 7.14. The van der Waals surface area contributed by atoms with Crippen molar-refractivity contribution in [2.75, 3.05) is 0 Å². The Balaban J connectivity index is 2.03. The third-order valence-electron chi connectivity index (χ3n) is 9.39. The summed E-state index contributed by atoms with van der Waals surface area (Å²) in [6.07, 6.45) is 12.9. The SMILES string of the molecule is C=CC(=C)CC[C@@]1(C)[C@@H](C)C[C@H](O)[C@@]23C(=C[C@@H](OC(=O)/C=C\C=C/CCCCC)C[C@@H]12)[C@H](OC(C)=O)O[C@@H]3OC(C)=O. The molecule has 0 aromatic rings.